The van der Waals surface area contributed by atoms with E-state index >= 15 is 0 Å². The molecule has 1 unspecified atom stereocenters. The summed E-state index contributed by atoms with van der Waals surface area (Å²) in [5.74, 6) is 0.730. The van der Waals surface area contributed by atoms with E-state index in [-0.39, 0.29) is 11.9 Å². The number of piperidine rings is 1. The third kappa shape index (κ3) is 2.16. The third-order valence-corrected chi connectivity index (χ3v) is 3.75. The van der Waals surface area contributed by atoms with Gasteiger partial charge in [-0.15, -0.1) is 0 Å². The van der Waals surface area contributed by atoms with Crippen molar-refractivity contribution < 1.29 is 9.90 Å². The molecule has 2 rings (SSSR count). The number of hydrogen-bond donors (Lipinski definition) is 1. The van der Waals surface area contributed by atoms with Gasteiger partial charge in [-0.05, 0) is 38.3 Å². The molecule has 0 saturated carbocycles. The van der Waals surface area contributed by atoms with Crippen molar-refractivity contribution in [1.82, 2.24) is 9.80 Å². The summed E-state index contributed by atoms with van der Waals surface area (Å²) in [5.41, 5.74) is 0. The SMILES string of the molecule is CN1CCC(N2CCC(CO)CC2)C1=O. The highest BCUT2D eigenvalue weighted by atomic mass is 16.3. The standard InChI is InChI=1S/C11H20N2O2/c1-12-5-4-10(11(12)15)13-6-2-9(8-14)3-7-13/h9-10,14H,2-8H2,1H3. The van der Waals surface area contributed by atoms with Gasteiger partial charge in [0.2, 0.25) is 5.91 Å². The van der Waals surface area contributed by atoms with Gasteiger partial charge in [0.05, 0.1) is 6.04 Å². The van der Waals surface area contributed by atoms with E-state index in [1.165, 1.54) is 0 Å². The van der Waals surface area contributed by atoms with Crippen LogP contribution in [-0.2, 0) is 4.79 Å². The van der Waals surface area contributed by atoms with Crippen LogP contribution in [0.3, 0.4) is 0 Å². The fourth-order valence-electron chi connectivity index (χ4n) is 2.59. The Morgan fingerprint density at radius 3 is 2.40 bits per heavy atom. The molecule has 1 N–H and O–H groups in total. The second-order valence-electron chi connectivity index (χ2n) is 4.73. The number of carbonyl (C=O) groups excluding carboxylic acids is 1. The van der Waals surface area contributed by atoms with Gasteiger partial charge < -0.3 is 10.0 Å². The van der Waals surface area contributed by atoms with Crippen LogP contribution in [0, 0.1) is 5.92 Å². The lowest BCUT2D eigenvalue weighted by Crippen LogP contribution is -2.45. The number of aliphatic hydroxyl groups is 1. The van der Waals surface area contributed by atoms with Crippen molar-refractivity contribution in [3.05, 3.63) is 0 Å². The molecule has 4 heteroatoms. The Bertz CT molecular complexity index is 237. The monoisotopic (exact) mass is 212 g/mol. The van der Waals surface area contributed by atoms with Crippen LogP contribution in [0.2, 0.25) is 0 Å². The van der Waals surface area contributed by atoms with E-state index in [1.54, 1.807) is 0 Å². The lowest BCUT2D eigenvalue weighted by atomic mass is 9.96. The van der Waals surface area contributed by atoms with Crippen LogP contribution < -0.4 is 0 Å². The summed E-state index contributed by atoms with van der Waals surface area (Å²) in [4.78, 5) is 15.9. The van der Waals surface area contributed by atoms with Gasteiger partial charge in [-0.3, -0.25) is 9.69 Å². The Morgan fingerprint density at radius 1 is 1.27 bits per heavy atom. The zero-order chi connectivity index (χ0) is 10.8. The molecule has 4 nitrogen and oxygen atoms in total. The summed E-state index contributed by atoms with van der Waals surface area (Å²) in [6.45, 7) is 3.13. The molecule has 1 amide bonds. The van der Waals surface area contributed by atoms with E-state index in [1.807, 2.05) is 11.9 Å². The van der Waals surface area contributed by atoms with Gasteiger partial charge in [-0.2, -0.15) is 0 Å². The van der Waals surface area contributed by atoms with Crippen molar-refractivity contribution in [3.63, 3.8) is 0 Å². The number of amides is 1. The van der Waals surface area contributed by atoms with Gasteiger partial charge in [-0.25, -0.2) is 0 Å². The first-order valence-corrected chi connectivity index (χ1v) is 5.82. The van der Waals surface area contributed by atoms with Gasteiger partial charge in [0.25, 0.3) is 0 Å². The van der Waals surface area contributed by atoms with Gasteiger partial charge in [0.1, 0.15) is 0 Å². The minimum Gasteiger partial charge on any atom is -0.396 e. The van der Waals surface area contributed by atoms with Crippen LogP contribution in [0.1, 0.15) is 19.3 Å². The lowest BCUT2D eigenvalue weighted by Gasteiger charge is -2.34. The summed E-state index contributed by atoms with van der Waals surface area (Å²) >= 11 is 0. The van der Waals surface area contributed by atoms with E-state index in [0.29, 0.717) is 12.5 Å². The van der Waals surface area contributed by atoms with Crippen LogP contribution in [0.15, 0.2) is 0 Å². The zero-order valence-corrected chi connectivity index (χ0v) is 9.35. The molecule has 0 radical (unpaired) electrons. The molecule has 0 spiro atoms. The molecule has 0 aromatic carbocycles. The highest BCUT2D eigenvalue weighted by Gasteiger charge is 2.35. The molecule has 0 aliphatic carbocycles. The first kappa shape index (κ1) is 10.9. The predicted molar refractivity (Wildman–Crippen MR) is 57.4 cm³/mol. The number of likely N-dealkylation sites (N-methyl/N-ethyl adjacent to an activating group) is 1. The minimum absolute atomic E-state index is 0.120. The fourth-order valence-corrected chi connectivity index (χ4v) is 2.59. The van der Waals surface area contributed by atoms with Gasteiger partial charge in [-0.1, -0.05) is 0 Å². The maximum atomic E-state index is 11.8. The zero-order valence-electron chi connectivity index (χ0n) is 9.35. The molecule has 0 aromatic heterocycles. The second-order valence-corrected chi connectivity index (χ2v) is 4.73. The number of aliphatic hydroxyl groups excluding tert-OH is 1. The number of likely N-dealkylation sites (tertiary alicyclic amines) is 2. The van der Waals surface area contributed by atoms with Crippen molar-refractivity contribution >= 4 is 5.91 Å². The number of nitrogens with zero attached hydrogens (tertiary/aromatic N) is 2. The Kier molecular flexibility index (Phi) is 3.26. The molecule has 2 fully saturated rings. The fraction of sp³-hybridized carbons (Fsp3) is 0.909. The van der Waals surface area contributed by atoms with Crippen molar-refractivity contribution in [2.45, 2.75) is 25.3 Å². The number of rotatable bonds is 2. The molecule has 0 bridgehead atoms. The Hall–Kier alpha value is -0.610. The topological polar surface area (TPSA) is 43.8 Å². The molecule has 2 aliphatic rings. The first-order valence-electron chi connectivity index (χ1n) is 5.82. The average Bonchev–Trinajstić information content (AvgIpc) is 2.60. The molecule has 1 atom stereocenters. The van der Waals surface area contributed by atoms with Crippen molar-refractivity contribution in [2.75, 3.05) is 33.3 Å². The molecule has 2 heterocycles. The normalized spacial score (nSPS) is 30.1. The first-order chi connectivity index (χ1) is 7.22. The smallest absolute Gasteiger partial charge is 0.239 e. The Labute approximate surface area is 90.9 Å². The third-order valence-electron chi connectivity index (χ3n) is 3.75. The van der Waals surface area contributed by atoms with E-state index in [9.17, 15) is 4.79 Å². The summed E-state index contributed by atoms with van der Waals surface area (Å²) in [5, 5.41) is 9.04. The van der Waals surface area contributed by atoms with E-state index in [0.717, 1.165) is 38.9 Å². The number of carbonyl (C=O) groups is 1. The summed E-state index contributed by atoms with van der Waals surface area (Å²) in [7, 11) is 1.88. The molecule has 86 valence electrons. The van der Waals surface area contributed by atoms with Crippen LogP contribution >= 0.6 is 0 Å². The van der Waals surface area contributed by atoms with Crippen molar-refractivity contribution in [3.8, 4) is 0 Å². The van der Waals surface area contributed by atoms with E-state index < -0.39 is 0 Å². The summed E-state index contributed by atoms with van der Waals surface area (Å²) in [6.07, 6.45) is 3.03. The Morgan fingerprint density at radius 2 is 1.93 bits per heavy atom. The summed E-state index contributed by atoms with van der Waals surface area (Å²) < 4.78 is 0. The van der Waals surface area contributed by atoms with Crippen LogP contribution in [0.25, 0.3) is 0 Å². The molecule has 0 aromatic rings. The highest BCUT2D eigenvalue weighted by molar-refractivity contribution is 5.83. The largest absolute Gasteiger partial charge is 0.396 e. The lowest BCUT2D eigenvalue weighted by molar-refractivity contribution is -0.131. The summed E-state index contributed by atoms with van der Waals surface area (Å²) in [6, 6.07) is 0.120. The van der Waals surface area contributed by atoms with Crippen LogP contribution in [0.4, 0.5) is 0 Å². The van der Waals surface area contributed by atoms with Crippen molar-refractivity contribution in [2.24, 2.45) is 5.92 Å². The van der Waals surface area contributed by atoms with Crippen molar-refractivity contribution in [1.29, 1.82) is 0 Å². The molecular formula is C11H20N2O2. The maximum absolute atomic E-state index is 11.8. The minimum atomic E-state index is 0.120. The Balaban J connectivity index is 1.88. The highest BCUT2D eigenvalue weighted by Crippen LogP contribution is 2.23. The average molecular weight is 212 g/mol. The second kappa shape index (κ2) is 4.49. The van der Waals surface area contributed by atoms with E-state index in [4.69, 9.17) is 5.11 Å². The van der Waals surface area contributed by atoms with Gasteiger partial charge >= 0.3 is 0 Å². The molecule has 2 aliphatic heterocycles. The van der Waals surface area contributed by atoms with Crippen LogP contribution in [-0.4, -0.2) is 60.1 Å². The van der Waals surface area contributed by atoms with Gasteiger partial charge in [0, 0.05) is 20.2 Å². The van der Waals surface area contributed by atoms with E-state index in [2.05, 4.69) is 4.90 Å². The van der Waals surface area contributed by atoms with Gasteiger partial charge in [0.15, 0.2) is 0 Å². The van der Waals surface area contributed by atoms with Crippen LogP contribution in [0.5, 0.6) is 0 Å². The number of hydrogen-bond acceptors (Lipinski definition) is 3. The predicted octanol–water partition coefficient (Wildman–Crippen LogP) is -0.0786. The maximum Gasteiger partial charge on any atom is 0.239 e. The molecule has 2 saturated heterocycles. The quantitative estimate of drug-likeness (QED) is 0.696. The molecule has 15 heavy (non-hydrogen) atoms. The molecular weight excluding hydrogens is 192 g/mol.